The number of allylic oxidation sites excluding steroid dienone is 3. The summed E-state index contributed by atoms with van der Waals surface area (Å²) in [5.41, 5.74) is 5.00. The first-order valence-corrected chi connectivity index (χ1v) is 11.1. The minimum atomic E-state index is 0.137. The third kappa shape index (κ3) is 10.1. The summed E-state index contributed by atoms with van der Waals surface area (Å²) in [4.78, 5) is 12.2. The maximum Gasteiger partial charge on any atom is 0.160 e. The molecule has 0 fully saturated rings. The molecule has 0 aliphatic rings. The Balaban J connectivity index is 0.00000204. The Bertz CT molecular complexity index is 751. The number of ketones is 1. The highest BCUT2D eigenvalue weighted by Crippen LogP contribution is 2.23. The van der Waals surface area contributed by atoms with Gasteiger partial charge in [0, 0.05) is 6.42 Å². The van der Waals surface area contributed by atoms with Gasteiger partial charge in [-0.2, -0.15) is 0 Å². The molecule has 0 aliphatic heterocycles. The van der Waals surface area contributed by atoms with Crippen LogP contribution < -0.4 is 0 Å². The van der Waals surface area contributed by atoms with Crippen molar-refractivity contribution in [1.29, 1.82) is 0 Å². The van der Waals surface area contributed by atoms with Crippen LogP contribution in [0.2, 0.25) is 0 Å². The first kappa shape index (κ1) is 24.6. The summed E-state index contributed by atoms with van der Waals surface area (Å²) >= 11 is 0. The maximum atomic E-state index is 12.2. The number of hydrogen-bond acceptors (Lipinski definition) is 1. The molecule has 0 amide bonds. The zero-order valence-corrected chi connectivity index (χ0v) is 18.9. The van der Waals surface area contributed by atoms with Gasteiger partial charge in [-0.25, -0.2) is 0 Å². The predicted molar refractivity (Wildman–Crippen MR) is 128 cm³/mol. The smallest absolute Gasteiger partial charge is 0.160 e. The average molecular weight is 391 g/mol. The van der Waals surface area contributed by atoms with E-state index >= 15 is 0 Å². The molecule has 1 atom stereocenters. The highest BCUT2D eigenvalue weighted by atomic mass is 16.1. The van der Waals surface area contributed by atoms with Crippen molar-refractivity contribution in [3.8, 4) is 0 Å². The SMILES string of the molecule is CC.CC/C=C(\C)CCCC(C)c1ccc(CC(=O)/C=C/c2ccccc2)cc1. The molecule has 0 aliphatic carbocycles. The van der Waals surface area contributed by atoms with Gasteiger partial charge < -0.3 is 0 Å². The summed E-state index contributed by atoms with van der Waals surface area (Å²) in [6.07, 6.45) is 11.1. The Labute approximate surface area is 178 Å². The molecule has 1 nitrogen and oxygen atoms in total. The van der Waals surface area contributed by atoms with Gasteiger partial charge in [0.05, 0.1) is 0 Å². The van der Waals surface area contributed by atoms with Crippen LogP contribution in [0.5, 0.6) is 0 Å². The number of rotatable bonds is 10. The summed E-state index contributed by atoms with van der Waals surface area (Å²) in [5.74, 6) is 0.694. The third-order valence-corrected chi connectivity index (χ3v) is 4.95. The molecule has 0 radical (unpaired) electrons. The van der Waals surface area contributed by atoms with Gasteiger partial charge in [0.15, 0.2) is 5.78 Å². The molecule has 2 aromatic carbocycles. The van der Waals surface area contributed by atoms with Crippen molar-refractivity contribution in [2.75, 3.05) is 0 Å². The minimum Gasteiger partial charge on any atom is -0.294 e. The topological polar surface area (TPSA) is 17.1 Å². The number of hydrogen-bond donors (Lipinski definition) is 0. The van der Waals surface area contributed by atoms with Crippen molar-refractivity contribution in [1.82, 2.24) is 0 Å². The fourth-order valence-corrected chi connectivity index (χ4v) is 3.28. The van der Waals surface area contributed by atoms with Gasteiger partial charge in [-0.3, -0.25) is 4.79 Å². The van der Waals surface area contributed by atoms with Gasteiger partial charge in [-0.15, -0.1) is 0 Å². The normalized spacial score (nSPS) is 12.4. The van der Waals surface area contributed by atoms with E-state index in [0.717, 1.165) is 17.5 Å². The lowest BCUT2D eigenvalue weighted by Gasteiger charge is -2.12. The largest absolute Gasteiger partial charge is 0.294 e. The van der Waals surface area contributed by atoms with Crippen molar-refractivity contribution in [3.05, 3.63) is 89.0 Å². The zero-order valence-electron chi connectivity index (χ0n) is 18.9. The summed E-state index contributed by atoms with van der Waals surface area (Å²) in [6.45, 7) is 10.7. The van der Waals surface area contributed by atoms with E-state index in [1.54, 1.807) is 6.08 Å². The molecule has 0 N–H and O–H groups in total. The molecule has 2 aromatic rings. The molecule has 1 heteroatoms. The van der Waals surface area contributed by atoms with Crippen molar-refractivity contribution in [2.24, 2.45) is 0 Å². The molecule has 29 heavy (non-hydrogen) atoms. The van der Waals surface area contributed by atoms with Gasteiger partial charge in [0.1, 0.15) is 0 Å². The lowest BCUT2D eigenvalue weighted by Crippen LogP contribution is -2.00. The third-order valence-electron chi connectivity index (χ3n) is 4.95. The van der Waals surface area contributed by atoms with Gasteiger partial charge in [-0.1, -0.05) is 100 Å². The molecule has 0 aromatic heterocycles. The van der Waals surface area contributed by atoms with E-state index in [2.05, 4.69) is 51.1 Å². The van der Waals surface area contributed by atoms with E-state index in [0.29, 0.717) is 12.3 Å². The summed E-state index contributed by atoms with van der Waals surface area (Å²) < 4.78 is 0. The van der Waals surface area contributed by atoms with E-state index in [1.807, 2.05) is 50.3 Å². The van der Waals surface area contributed by atoms with Crippen LogP contribution in [-0.4, -0.2) is 5.78 Å². The number of carbonyl (C=O) groups excluding carboxylic acids is 1. The van der Waals surface area contributed by atoms with Crippen molar-refractivity contribution in [3.63, 3.8) is 0 Å². The lowest BCUT2D eigenvalue weighted by atomic mass is 9.93. The van der Waals surface area contributed by atoms with Crippen molar-refractivity contribution < 1.29 is 4.79 Å². The molecule has 0 bridgehead atoms. The fraction of sp³-hybridized carbons (Fsp3) is 0.393. The lowest BCUT2D eigenvalue weighted by molar-refractivity contribution is -0.113. The average Bonchev–Trinajstić information content (AvgIpc) is 2.75. The Morgan fingerprint density at radius 1 is 1.00 bits per heavy atom. The number of benzene rings is 2. The van der Waals surface area contributed by atoms with E-state index < -0.39 is 0 Å². The van der Waals surface area contributed by atoms with Crippen LogP contribution >= 0.6 is 0 Å². The van der Waals surface area contributed by atoms with E-state index in [-0.39, 0.29) is 5.78 Å². The first-order valence-electron chi connectivity index (χ1n) is 11.1. The minimum absolute atomic E-state index is 0.137. The van der Waals surface area contributed by atoms with Gasteiger partial charge in [-0.05, 0) is 61.3 Å². The van der Waals surface area contributed by atoms with Gasteiger partial charge >= 0.3 is 0 Å². The van der Waals surface area contributed by atoms with Crippen LogP contribution in [-0.2, 0) is 11.2 Å². The fourth-order valence-electron chi connectivity index (χ4n) is 3.28. The van der Waals surface area contributed by atoms with E-state index in [9.17, 15) is 4.79 Å². The van der Waals surface area contributed by atoms with Crippen LogP contribution in [0.3, 0.4) is 0 Å². The molecule has 0 heterocycles. The van der Waals surface area contributed by atoms with Crippen LogP contribution in [0.4, 0.5) is 0 Å². The van der Waals surface area contributed by atoms with Crippen LogP contribution in [0, 0.1) is 0 Å². The molecule has 0 saturated heterocycles. The molecular formula is C28H38O. The van der Waals surface area contributed by atoms with E-state index in [4.69, 9.17) is 0 Å². The second-order valence-corrected chi connectivity index (χ2v) is 7.38. The summed E-state index contributed by atoms with van der Waals surface area (Å²) in [6, 6.07) is 18.5. The Kier molecular flexibility index (Phi) is 12.4. The molecule has 156 valence electrons. The maximum absolute atomic E-state index is 12.2. The summed E-state index contributed by atoms with van der Waals surface area (Å²) in [7, 11) is 0. The molecule has 1 unspecified atom stereocenters. The molecular weight excluding hydrogens is 352 g/mol. The zero-order chi connectivity index (χ0) is 21.5. The van der Waals surface area contributed by atoms with Gasteiger partial charge in [0.2, 0.25) is 0 Å². The van der Waals surface area contributed by atoms with Crippen LogP contribution in [0.25, 0.3) is 6.08 Å². The quantitative estimate of drug-likeness (QED) is 0.295. The second-order valence-electron chi connectivity index (χ2n) is 7.38. The summed E-state index contributed by atoms with van der Waals surface area (Å²) in [5, 5.41) is 0. The molecule has 0 spiro atoms. The van der Waals surface area contributed by atoms with Crippen molar-refractivity contribution in [2.45, 2.75) is 72.6 Å². The molecule has 2 rings (SSSR count). The predicted octanol–water partition coefficient (Wildman–Crippen LogP) is 8.17. The Morgan fingerprint density at radius 2 is 1.66 bits per heavy atom. The highest BCUT2D eigenvalue weighted by Gasteiger charge is 2.07. The second kappa shape index (κ2) is 14.6. The van der Waals surface area contributed by atoms with Crippen LogP contribution in [0.1, 0.15) is 82.9 Å². The first-order chi connectivity index (χ1) is 14.1. The van der Waals surface area contributed by atoms with Gasteiger partial charge in [0.25, 0.3) is 0 Å². The Hall–Kier alpha value is -2.41. The highest BCUT2D eigenvalue weighted by molar-refractivity contribution is 5.95. The monoisotopic (exact) mass is 390 g/mol. The van der Waals surface area contributed by atoms with Crippen LogP contribution in [0.15, 0.2) is 72.3 Å². The molecule has 0 saturated carbocycles. The standard InChI is InChI=1S/C26H32O.C2H6/c1-4-9-21(2)10-8-11-22(3)25-17-14-24(15-18-25)20-26(27)19-16-23-12-6-5-7-13-23;1-2/h5-7,9,12-19,22H,4,8,10-11,20H2,1-3H3;1-2H3/b19-16+,21-9+;. The van der Waals surface area contributed by atoms with Crippen molar-refractivity contribution >= 4 is 11.9 Å². The van der Waals surface area contributed by atoms with E-state index in [1.165, 1.54) is 30.4 Å². The Morgan fingerprint density at radius 3 is 2.28 bits per heavy atom. The number of carbonyl (C=O) groups is 1.